The summed E-state index contributed by atoms with van der Waals surface area (Å²) in [5.74, 6) is 0.869. The molecule has 3 heterocycles. The number of hydrogen-bond acceptors (Lipinski definition) is 7. The summed E-state index contributed by atoms with van der Waals surface area (Å²) >= 11 is 6.11. The largest absolute Gasteiger partial charge is 0.368 e. The fourth-order valence-electron chi connectivity index (χ4n) is 4.23. The van der Waals surface area contributed by atoms with Crippen LogP contribution in [0.2, 0.25) is 5.02 Å². The highest BCUT2D eigenvalue weighted by atomic mass is 35.5. The highest BCUT2D eigenvalue weighted by Gasteiger charge is 2.33. The van der Waals surface area contributed by atoms with E-state index in [1.807, 2.05) is 29.2 Å². The number of benzene rings is 1. The molecule has 1 unspecified atom stereocenters. The molecule has 1 aromatic heterocycles. The van der Waals surface area contributed by atoms with Gasteiger partial charge < -0.3 is 14.7 Å². The molecule has 1 aromatic carbocycles. The van der Waals surface area contributed by atoms with Gasteiger partial charge in [0, 0.05) is 49.5 Å². The Morgan fingerprint density at radius 1 is 1.07 bits per heavy atom. The molecule has 4 rings (SSSR count). The minimum atomic E-state index is -0.324. The Morgan fingerprint density at radius 2 is 1.79 bits per heavy atom. The Balaban J connectivity index is 1.57. The third kappa shape index (κ3) is 4.07. The third-order valence-corrected chi connectivity index (χ3v) is 6.03. The van der Waals surface area contributed by atoms with Crippen LogP contribution in [0.5, 0.6) is 0 Å². The number of nitro groups is 1. The molecule has 2 fully saturated rings. The molecule has 0 spiro atoms. The lowest BCUT2D eigenvalue weighted by Crippen LogP contribution is -2.47. The quantitative estimate of drug-likeness (QED) is 0.554. The normalized spacial score (nSPS) is 20.1. The SMILES string of the molecule is CC1CCCCN1c1ncnc(N2CCN(c3cccc(Cl)c3)CC2)c1[N+](=O)[O-]. The van der Waals surface area contributed by atoms with Crippen molar-refractivity contribution in [3.05, 3.63) is 45.7 Å². The van der Waals surface area contributed by atoms with Crippen LogP contribution < -0.4 is 14.7 Å². The fraction of sp³-hybridized carbons (Fsp3) is 0.500. The van der Waals surface area contributed by atoms with Gasteiger partial charge in [-0.15, -0.1) is 0 Å². The minimum absolute atomic E-state index is 0.0254. The van der Waals surface area contributed by atoms with Crippen LogP contribution in [0, 0.1) is 10.1 Å². The lowest BCUT2D eigenvalue weighted by atomic mass is 10.0. The van der Waals surface area contributed by atoms with Gasteiger partial charge in [-0.3, -0.25) is 10.1 Å². The molecule has 29 heavy (non-hydrogen) atoms. The second-order valence-corrected chi connectivity index (χ2v) is 8.06. The summed E-state index contributed by atoms with van der Waals surface area (Å²) < 4.78 is 0. The van der Waals surface area contributed by atoms with E-state index < -0.39 is 0 Å². The average molecular weight is 417 g/mol. The number of aromatic nitrogens is 2. The Bertz CT molecular complexity index is 887. The number of piperidine rings is 1. The Kier molecular flexibility index (Phi) is 5.71. The Morgan fingerprint density at radius 3 is 2.48 bits per heavy atom. The first-order valence-electron chi connectivity index (χ1n) is 10.1. The summed E-state index contributed by atoms with van der Waals surface area (Å²) in [5, 5.41) is 12.7. The molecule has 2 saturated heterocycles. The smallest absolute Gasteiger partial charge is 0.353 e. The van der Waals surface area contributed by atoms with E-state index in [1.54, 1.807) is 0 Å². The number of anilines is 3. The maximum Gasteiger partial charge on any atom is 0.353 e. The van der Waals surface area contributed by atoms with E-state index in [1.165, 1.54) is 6.33 Å². The fourth-order valence-corrected chi connectivity index (χ4v) is 4.41. The van der Waals surface area contributed by atoms with Crippen LogP contribution in [0.15, 0.2) is 30.6 Å². The zero-order valence-corrected chi connectivity index (χ0v) is 17.3. The predicted molar refractivity (Wildman–Crippen MR) is 115 cm³/mol. The van der Waals surface area contributed by atoms with E-state index >= 15 is 0 Å². The molecule has 1 atom stereocenters. The lowest BCUT2D eigenvalue weighted by molar-refractivity contribution is -0.383. The van der Waals surface area contributed by atoms with E-state index in [0.717, 1.165) is 44.6 Å². The van der Waals surface area contributed by atoms with Gasteiger partial charge >= 0.3 is 5.69 Å². The van der Waals surface area contributed by atoms with Crippen LogP contribution in [0.3, 0.4) is 0 Å². The summed E-state index contributed by atoms with van der Waals surface area (Å²) in [6.45, 7) is 5.70. The monoisotopic (exact) mass is 416 g/mol. The van der Waals surface area contributed by atoms with E-state index in [9.17, 15) is 10.1 Å². The van der Waals surface area contributed by atoms with Gasteiger partial charge in [0.2, 0.25) is 11.6 Å². The molecule has 0 N–H and O–H groups in total. The first-order valence-corrected chi connectivity index (χ1v) is 10.4. The second-order valence-electron chi connectivity index (χ2n) is 7.62. The molecule has 2 aliphatic heterocycles. The summed E-state index contributed by atoms with van der Waals surface area (Å²) in [6.07, 6.45) is 4.66. The van der Waals surface area contributed by atoms with Gasteiger partial charge in [-0.2, -0.15) is 0 Å². The van der Waals surface area contributed by atoms with Crippen molar-refractivity contribution in [1.29, 1.82) is 0 Å². The van der Waals surface area contributed by atoms with Gasteiger partial charge in [0.25, 0.3) is 0 Å². The molecule has 0 bridgehead atoms. The van der Waals surface area contributed by atoms with Gasteiger partial charge in [-0.1, -0.05) is 17.7 Å². The number of hydrogen-bond donors (Lipinski definition) is 0. The zero-order chi connectivity index (χ0) is 20.4. The maximum absolute atomic E-state index is 12.0. The molecule has 154 valence electrons. The highest BCUT2D eigenvalue weighted by molar-refractivity contribution is 6.30. The maximum atomic E-state index is 12.0. The molecule has 0 saturated carbocycles. The minimum Gasteiger partial charge on any atom is -0.368 e. The van der Waals surface area contributed by atoms with E-state index in [2.05, 4.69) is 26.7 Å². The number of halogens is 1. The van der Waals surface area contributed by atoms with Crippen molar-refractivity contribution >= 4 is 34.6 Å². The van der Waals surface area contributed by atoms with Crippen LogP contribution in [0.4, 0.5) is 23.0 Å². The molecule has 9 heteroatoms. The Hall–Kier alpha value is -2.61. The molecule has 8 nitrogen and oxygen atoms in total. The van der Waals surface area contributed by atoms with Gasteiger partial charge in [0.15, 0.2) is 0 Å². The topological polar surface area (TPSA) is 78.6 Å². The van der Waals surface area contributed by atoms with Gasteiger partial charge in [0.1, 0.15) is 6.33 Å². The van der Waals surface area contributed by atoms with Crippen molar-refractivity contribution in [2.45, 2.75) is 32.2 Å². The van der Waals surface area contributed by atoms with Crippen LogP contribution in [0.1, 0.15) is 26.2 Å². The van der Waals surface area contributed by atoms with Crippen LogP contribution in [-0.4, -0.2) is 53.7 Å². The highest BCUT2D eigenvalue weighted by Crippen LogP contribution is 2.37. The van der Waals surface area contributed by atoms with E-state index in [0.29, 0.717) is 29.7 Å². The van der Waals surface area contributed by atoms with Crippen molar-refractivity contribution in [2.24, 2.45) is 0 Å². The third-order valence-electron chi connectivity index (χ3n) is 5.79. The van der Waals surface area contributed by atoms with Crippen LogP contribution >= 0.6 is 11.6 Å². The molecular formula is C20H25ClN6O2. The van der Waals surface area contributed by atoms with Crippen molar-refractivity contribution in [2.75, 3.05) is 47.4 Å². The molecule has 0 radical (unpaired) electrons. The average Bonchev–Trinajstić information content (AvgIpc) is 2.73. The van der Waals surface area contributed by atoms with Crippen LogP contribution in [-0.2, 0) is 0 Å². The number of piperazine rings is 1. The van der Waals surface area contributed by atoms with E-state index in [4.69, 9.17) is 11.6 Å². The second kappa shape index (κ2) is 8.41. The Labute approximate surface area is 175 Å². The van der Waals surface area contributed by atoms with Gasteiger partial charge in [-0.05, 0) is 44.4 Å². The zero-order valence-electron chi connectivity index (χ0n) is 16.5. The summed E-state index contributed by atoms with van der Waals surface area (Å²) in [4.78, 5) is 26.6. The van der Waals surface area contributed by atoms with Crippen molar-refractivity contribution in [3.63, 3.8) is 0 Å². The molecule has 0 aliphatic carbocycles. The van der Waals surface area contributed by atoms with Gasteiger partial charge in [0.05, 0.1) is 4.92 Å². The van der Waals surface area contributed by atoms with E-state index in [-0.39, 0.29) is 16.7 Å². The predicted octanol–water partition coefficient (Wildman–Crippen LogP) is 3.74. The molecule has 2 aromatic rings. The standard InChI is InChI=1S/C20H25ClN6O2/c1-15-5-2-3-8-26(15)20-18(27(28)29)19(22-14-23-20)25-11-9-24(10-12-25)17-7-4-6-16(21)13-17/h4,6-7,13-15H,2-3,5,8-12H2,1H3. The summed E-state index contributed by atoms with van der Waals surface area (Å²) in [6, 6.07) is 8.01. The summed E-state index contributed by atoms with van der Waals surface area (Å²) in [7, 11) is 0. The number of nitrogens with zero attached hydrogens (tertiary/aromatic N) is 6. The number of rotatable bonds is 4. The first kappa shape index (κ1) is 19.7. The van der Waals surface area contributed by atoms with Crippen molar-refractivity contribution < 1.29 is 4.92 Å². The summed E-state index contributed by atoms with van der Waals surface area (Å²) in [5.41, 5.74) is 1.09. The van der Waals surface area contributed by atoms with Crippen molar-refractivity contribution in [3.8, 4) is 0 Å². The van der Waals surface area contributed by atoms with Crippen LogP contribution in [0.25, 0.3) is 0 Å². The molecule has 0 amide bonds. The first-order chi connectivity index (χ1) is 14.0. The van der Waals surface area contributed by atoms with Gasteiger partial charge in [-0.25, -0.2) is 9.97 Å². The lowest BCUT2D eigenvalue weighted by Gasteiger charge is -2.37. The van der Waals surface area contributed by atoms with Crippen molar-refractivity contribution in [1.82, 2.24) is 9.97 Å². The molecule has 2 aliphatic rings. The molecular weight excluding hydrogens is 392 g/mol.